The lowest BCUT2D eigenvalue weighted by Gasteiger charge is -2.29. The minimum Gasteiger partial charge on any atom is -0.337 e. The van der Waals surface area contributed by atoms with E-state index in [2.05, 4.69) is 23.7 Å². The second-order valence-corrected chi connectivity index (χ2v) is 15.5. The van der Waals surface area contributed by atoms with Gasteiger partial charge in [0.05, 0.1) is 26.9 Å². The Labute approximate surface area is 320 Å². The second-order valence-electron chi connectivity index (χ2n) is 13.4. The van der Waals surface area contributed by atoms with Crippen molar-refractivity contribution in [1.82, 2.24) is 24.3 Å². The number of hydrogen-bond acceptors (Lipinski definition) is 7. The maximum Gasteiger partial charge on any atom is 0.275 e. The average Bonchev–Trinajstić information content (AvgIpc) is 3.48. The van der Waals surface area contributed by atoms with Gasteiger partial charge in [-0.1, -0.05) is 86.8 Å². The number of aromatic nitrogens is 2. The van der Waals surface area contributed by atoms with Crippen LogP contribution in [0.5, 0.6) is 0 Å². The first-order valence-corrected chi connectivity index (χ1v) is 19.9. The molecule has 3 amide bonds. The molecule has 0 radical (unpaired) electrons. The predicted octanol–water partition coefficient (Wildman–Crippen LogP) is 7.16. The fourth-order valence-electron chi connectivity index (χ4n) is 6.68. The number of fused-ring (bicyclic) bond motifs is 2. The molecule has 11 nitrogen and oxygen atoms in total. The van der Waals surface area contributed by atoms with E-state index in [0.717, 1.165) is 36.8 Å². The highest BCUT2D eigenvalue weighted by atomic mass is 35.5. The molecule has 0 spiro atoms. The normalized spacial score (nSPS) is 12.7. The summed E-state index contributed by atoms with van der Waals surface area (Å²) in [7, 11) is -4.40. The Bertz CT molecular complexity index is 2370. The number of carbonyl (C=O) groups excluding carboxylic acids is 4. The minimum absolute atomic E-state index is 0.0627. The van der Waals surface area contributed by atoms with Gasteiger partial charge in [0.2, 0.25) is 0 Å². The standard InChI is InChI=1S/C41H42ClN5O6S/c1-4-6-20-45(21-7-5-2)41(51)38-37(42)27(3)47(43-38)36-18-16-30(23-35(36)40(50)46-22-19-28-11-8-9-12-31(28)25-46)39(49)44-54(52,53)33-17-15-29-13-10-14-32(26-48)34(29)24-33/h8-18,23-24,26H,4-7,19-22,25H2,1-3H3,(H,44,49). The molecular formula is C41H42ClN5O6S. The minimum atomic E-state index is -4.40. The van der Waals surface area contributed by atoms with Gasteiger partial charge in [0, 0.05) is 37.3 Å². The zero-order chi connectivity index (χ0) is 38.6. The summed E-state index contributed by atoms with van der Waals surface area (Å²) in [6, 6.07) is 21.4. The summed E-state index contributed by atoms with van der Waals surface area (Å²) in [4.78, 5) is 56.8. The number of aldehydes is 1. The van der Waals surface area contributed by atoms with Crippen molar-refractivity contribution in [3.05, 3.63) is 123 Å². The maximum atomic E-state index is 14.4. The lowest BCUT2D eigenvalue weighted by Crippen LogP contribution is -2.37. The van der Waals surface area contributed by atoms with E-state index >= 15 is 0 Å². The average molecular weight is 768 g/mol. The van der Waals surface area contributed by atoms with E-state index in [1.54, 1.807) is 41.0 Å². The van der Waals surface area contributed by atoms with Crippen LogP contribution in [0.1, 0.15) is 97.9 Å². The van der Waals surface area contributed by atoms with Crippen LogP contribution in [0.3, 0.4) is 0 Å². The van der Waals surface area contributed by atoms with Crippen molar-refractivity contribution in [2.45, 2.75) is 64.3 Å². The molecule has 1 aliphatic rings. The van der Waals surface area contributed by atoms with E-state index in [9.17, 15) is 27.6 Å². The van der Waals surface area contributed by atoms with Crippen LogP contribution in [0.25, 0.3) is 16.5 Å². The lowest BCUT2D eigenvalue weighted by molar-refractivity contribution is 0.0732. The van der Waals surface area contributed by atoms with Gasteiger partial charge < -0.3 is 9.80 Å². The van der Waals surface area contributed by atoms with Crippen LogP contribution in [0.4, 0.5) is 0 Å². The third-order valence-electron chi connectivity index (χ3n) is 9.78. The van der Waals surface area contributed by atoms with Crippen LogP contribution in [0, 0.1) is 6.92 Å². The molecule has 0 atom stereocenters. The molecule has 0 saturated carbocycles. The van der Waals surface area contributed by atoms with E-state index in [0.29, 0.717) is 60.9 Å². The third kappa shape index (κ3) is 7.81. The van der Waals surface area contributed by atoms with Gasteiger partial charge in [0.1, 0.15) is 0 Å². The van der Waals surface area contributed by atoms with Crippen LogP contribution >= 0.6 is 11.6 Å². The summed E-state index contributed by atoms with van der Waals surface area (Å²) in [6.07, 6.45) is 4.74. The molecule has 0 fully saturated rings. The monoisotopic (exact) mass is 767 g/mol. The Morgan fingerprint density at radius 3 is 2.35 bits per heavy atom. The van der Waals surface area contributed by atoms with E-state index in [4.69, 9.17) is 11.6 Å². The predicted molar refractivity (Wildman–Crippen MR) is 208 cm³/mol. The lowest BCUT2D eigenvalue weighted by atomic mass is 9.98. The molecule has 280 valence electrons. The van der Waals surface area contributed by atoms with Crippen LogP contribution in [-0.2, 0) is 23.0 Å². The van der Waals surface area contributed by atoms with Crippen molar-refractivity contribution in [2.24, 2.45) is 0 Å². The van der Waals surface area contributed by atoms with Crippen LogP contribution < -0.4 is 4.72 Å². The molecule has 0 aliphatic carbocycles. The Morgan fingerprint density at radius 1 is 0.926 bits per heavy atom. The summed E-state index contributed by atoms with van der Waals surface area (Å²) in [5.41, 5.74) is 3.21. The summed E-state index contributed by atoms with van der Waals surface area (Å²) in [6.45, 7) is 7.67. The second kappa shape index (κ2) is 16.4. The first-order valence-electron chi connectivity index (χ1n) is 18.1. The molecule has 6 rings (SSSR count). The number of sulfonamides is 1. The number of carbonyl (C=O) groups is 4. The van der Waals surface area contributed by atoms with Crippen molar-refractivity contribution in [2.75, 3.05) is 19.6 Å². The summed E-state index contributed by atoms with van der Waals surface area (Å²) < 4.78 is 30.6. The van der Waals surface area contributed by atoms with E-state index in [1.165, 1.54) is 35.0 Å². The molecule has 1 aliphatic heterocycles. The zero-order valence-electron chi connectivity index (χ0n) is 30.5. The van der Waals surface area contributed by atoms with Crippen molar-refractivity contribution >= 4 is 56.4 Å². The highest BCUT2D eigenvalue weighted by Gasteiger charge is 2.30. The summed E-state index contributed by atoms with van der Waals surface area (Å²) >= 11 is 6.80. The van der Waals surface area contributed by atoms with Crippen LogP contribution in [0.15, 0.2) is 83.8 Å². The molecule has 2 heterocycles. The molecule has 54 heavy (non-hydrogen) atoms. The van der Waals surface area contributed by atoms with Gasteiger partial charge in [-0.05, 0) is 78.4 Å². The molecule has 1 aromatic heterocycles. The summed E-state index contributed by atoms with van der Waals surface area (Å²) in [5, 5.41) is 5.90. The topological polar surface area (TPSA) is 139 Å². The van der Waals surface area contributed by atoms with Crippen molar-refractivity contribution in [1.29, 1.82) is 0 Å². The number of hydrogen-bond donors (Lipinski definition) is 1. The molecular weight excluding hydrogens is 726 g/mol. The Morgan fingerprint density at radius 2 is 1.65 bits per heavy atom. The number of rotatable bonds is 13. The number of halogens is 1. The fourth-order valence-corrected chi connectivity index (χ4v) is 7.87. The smallest absolute Gasteiger partial charge is 0.275 e. The molecule has 5 aromatic rings. The molecule has 0 saturated heterocycles. The number of benzene rings is 4. The van der Waals surface area contributed by atoms with E-state index in [-0.39, 0.29) is 38.3 Å². The molecule has 0 bridgehead atoms. The number of nitrogens with zero attached hydrogens (tertiary/aromatic N) is 4. The molecule has 4 aromatic carbocycles. The van der Waals surface area contributed by atoms with Crippen LogP contribution in [-0.4, -0.2) is 71.6 Å². The number of amides is 3. The van der Waals surface area contributed by atoms with Crippen molar-refractivity contribution in [3.63, 3.8) is 0 Å². The van der Waals surface area contributed by atoms with Gasteiger partial charge in [0.25, 0.3) is 27.7 Å². The van der Waals surface area contributed by atoms with Gasteiger partial charge in [-0.2, -0.15) is 5.10 Å². The quantitative estimate of drug-likeness (QED) is 0.126. The Kier molecular flexibility index (Phi) is 11.6. The van der Waals surface area contributed by atoms with E-state index in [1.807, 2.05) is 24.3 Å². The first kappa shape index (κ1) is 38.4. The van der Waals surface area contributed by atoms with Gasteiger partial charge >= 0.3 is 0 Å². The van der Waals surface area contributed by atoms with Crippen molar-refractivity contribution in [3.8, 4) is 5.69 Å². The first-order chi connectivity index (χ1) is 26.0. The van der Waals surface area contributed by atoms with Crippen molar-refractivity contribution < 1.29 is 27.6 Å². The van der Waals surface area contributed by atoms with Gasteiger partial charge in [-0.15, -0.1) is 0 Å². The van der Waals surface area contributed by atoms with Crippen LogP contribution in [0.2, 0.25) is 5.02 Å². The molecule has 13 heteroatoms. The largest absolute Gasteiger partial charge is 0.337 e. The number of unbranched alkanes of at least 4 members (excludes halogenated alkanes) is 2. The molecule has 0 unspecified atom stereocenters. The van der Waals surface area contributed by atoms with Gasteiger partial charge in [-0.25, -0.2) is 17.8 Å². The fraction of sp³-hybridized carbons (Fsp3) is 0.293. The SMILES string of the molecule is CCCCN(CCCC)C(=O)c1nn(-c2ccc(C(=O)NS(=O)(=O)c3ccc4cccc(C=O)c4c3)cc2C(=O)N2CCc3ccccc3C2)c(C)c1Cl. The highest BCUT2D eigenvalue weighted by molar-refractivity contribution is 7.90. The van der Waals surface area contributed by atoms with Gasteiger partial charge in [0.15, 0.2) is 12.0 Å². The zero-order valence-corrected chi connectivity index (χ0v) is 32.0. The van der Waals surface area contributed by atoms with Gasteiger partial charge in [-0.3, -0.25) is 19.2 Å². The highest BCUT2D eigenvalue weighted by Crippen LogP contribution is 2.30. The summed E-state index contributed by atoms with van der Waals surface area (Å²) in [5.74, 6) is -1.67. The van der Waals surface area contributed by atoms with E-state index < -0.39 is 21.8 Å². The number of nitrogens with one attached hydrogen (secondary N) is 1. The maximum absolute atomic E-state index is 14.4. The third-order valence-corrected chi connectivity index (χ3v) is 11.6. The Balaban J connectivity index is 1.38. The Hall–Kier alpha value is -5.33. The molecule has 1 N–H and O–H groups in total.